The Balaban J connectivity index is 2.85. The fourth-order valence-corrected chi connectivity index (χ4v) is 1.35. The van der Waals surface area contributed by atoms with Gasteiger partial charge in [0, 0.05) is 11.7 Å². The van der Waals surface area contributed by atoms with Crippen LogP contribution in [0.5, 0.6) is 0 Å². The third kappa shape index (κ3) is 3.03. The van der Waals surface area contributed by atoms with E-state index in [9.17, 15) is 0 Å². The van der Waals surface area contributed by atoms with Gasteiger partial charge in [-0.3, -0.25) is 0 Å². The molecule has 1 rings (SSSR count). The van der Waals surface area contributed by atoms with Gasteiger partial charge in [0.2, 0.25) is 0 Å². The topological polar surface area (TPSA) is 61.8 Å². The van der Waals surface area contributed by atoms with Gasteiger partial charge in [0.05, 0.1) is 11.3 Å². The van der Waals surface area contributed by atoms with Crippen LogP contribution in [-0.2, 0) is 0 Å². The van der Waals surface area contributed by atoms with Crippen LogP contribution in [0.3, 0.4) is 0 Å². The van der Waals surface area contributed by atoms with Crippen LogP contribution in [0.15, 0.2) is 30.9 Å². The summed E-state index contributed by atoms with van der Waals surface area (Å²) >= 11 is 0. The summed E-state index contributed by atoms with van der Waals surface area (Å²) in [6.45, 7) is 5.71. The van der Waals surface area contributed by atoms with E-state index in [1.807, 2.05) is 19.1 Å². The van der Waals surface area contributed by atoms with Gasteiger partial charge < -0.3 is 11.1 Å². The van der Waals surface area contributed by atoms with Gasteiger partial charge in [-0.05, 0) is 31.5 Å². The molecular formula is C12H15N3. The SMILES string of the molecule is C=CCC(C)Nc1ccc(N)cc1C#N. The minimum absolute atomic E-state index is 0.262. The number of anilines is 2. The van der Waals surface area contributed by atoms with Gasteiger partial charge in [0.15, 0.2) is 0 Å². The first kappa shape index (κ1) is 11.1. The molecule has 0 amide bonds. The molecule has 0 aromatic heterocycles. The molecule has 3 nitrogen and oxygen atoms in total. The third-order valence-corrected chi connectivity index (χ3v) is 2.09. The molecule has 3 N–H and O–H groups in total. The van der Waals surface area contributed by atoms with Crippen LogP contribution in [0.2, 0.25) is 0 Å². The van der Waals surface area contributed by atoms with Crippen LogP contribution in [0, 0.1) is 11.3 Å². The van der Waals surface area contributed by atoms with Gasteiger partial charge in [0.1, 0.15) is 6.07 Å². The molecule has 1 aromatic carbocycles. The van der Waals surface area contributed by atoms with Crippen LogP contribution in [0.25, 0.3) is 0 Å². The second kappa shape index (κ2) is 5.06. The number of rotatable bonds is 4. The lowest BCUT2D eigenvalue weighted by Crippen LogP contribution is -2.14. The van der Waals surface area contributed by atoms with Crippen LogP contribution in [0.1, 0.15) is 18.9 Å². The molecule has 0 fully saturated rings. The van der Waals surface area contributed by atoms with Crippen molar-refractivity contribution >= 4 is 11.4 Å². The maximum absolute atomic E-state index is 8.92. The highest BCUT2D eigenvalue weighted by atomic mass is 14.9. The number of hydrogen-bond acceptors (Lipinski definition) is 3. The Bertz CT molecular complexity index is 390. The van der Waals surface area contributed by atoms with Crippen molar-refractivity contribution in [3.8, 4) is 6.07 Å². The van der Waals surface area contributed by atoms with Crippen LogP contribution < -0.4 is 11.1 Å². The minimum atomic E-state index is 0.262. The molecule has 0 saturated heterocycles. The Kier molecular flexibility index (Phi) is 3.75. The number of hydrogen-bond donors (Lipinski definition) is 2. The molecular weight excluding hydrogens is 186 g/mol. The molecule has 0 bridgehead atoms. The second-order valence-electron chi connectivity index (χ2n) is 3.49. The summed E-state index contributed by atoms with van der Waals surface area (Å²) in [5.74, 6) is 0. The van der Waals surface area contributed by atoms with Gasteiger partial charge in [-0.15, -0.1) is 6.58 Å². The lowest BCUT2D eigenvalue weighted by atomic mass is 10.1. The summed E-state index contributed by atoms with van der Waals surface area (Å²) < 4.78 is 0. The van der Waals surface area contributed by atoms with E-state index in [0.29, 0.717) is 11.3 Å². The largest absolute Gasteiger partial charge is 0.399 e. The van der Waals surface area contributed by atoms with E-state index in [2.05, 4.69) is 18.0 Å². The molecule has 15 heavy (non-hydrogen) atoms. The van der Waals surface area contributed by atoms with Gasteiger partial charge in [0.25, 0.3) is 0 Å². The van der Waals surface area contributed by atoms with Crippen molar-refractivity contribution in [1.82, 2.24) is 0 Å². The Morgan fingerprint density at radius 2 is 2.40 bits per heavy atom. The summed E-state index contributed by atoms with van der Waals surface area (Å²) in [5, 5.41) is 12.2. The van der Waals surface area contributed by atoms with E-state index in [1.165, 1.54) is 0 Å². The van der Waals surface area contributed by atoms with Gasteiger partial charge in [-0.2, -0.15) is 5.26 Å². The number of benzene rings is 1. The van der Waals surface area contributed by atoms with Crippen molar-refractivity contribution in [2.75, 3.05) is 11.1 Å². The average molecular weight is 201 g/mol. The Hall–Kier alpha value is -1.95. The van der Waals surface area contributed by atoms with E-state index in [-0.39, 0.29) is 6.04 Å². The molecule has 0 aliphatic heterocycles. The Morgan fingerprint density at radius 3 is 3.00 bits per heavy atom. The van der Waals surface area contributed by atoms with E-state index < -0.39 is 0 Å². The lowest BCUT2D eigenvalue weighted by Gasteiger charge is -2.14. The number of nitrogens with one attached hydrogen (secondary N) is 1. The molecule has 3 heteroatoms. The quantitative estimate of drug-likeness (QED) is 0.581. The predicted octanol–water partition coefficient (Wildman–Crippen LogP) is 2.52. The second-order valence-corrected chi connectivity index (χ2v) is 3.49. The summed E-state index contributed by atoms with van der Waals surface area (Å²) in [6, 6.07) is 7.66. The van der Waals surface area contributed by atoms with Crippen LogP contribution >= 0.6 is 0 Å². The highest BCUT2D eigenvalue weighted by molar-refractivity contribution is 5.63. The molecule has 0 heterocycles. The number of nitrogens with zero attached hydrogens (tertiary/aromatic N) is 1. The molecule has 0 spiro atoms. The lowest BCUT2D eigenvalue weighted by molar-refractivity contribution is 0.813. The van der Waals surface area contributed by atoms with E-state index >= 15 is 0 Å². The maximum Gasteiger partial charge on any atom is 0.101 e. The van der Waals surface area contributed by atoms with Crippen molar-refractivity contribution in [2.45, 2.75) is 19.4 Å². The van der Waals surface area contributed by atoms with Crippen LogP contribution in [0.4, 0.5) is 11.4 Å². The molecule has 0 aliphatic rings. The van der Waals surface area contributed by atoms with Crippen molar-refractivity contribution in [2.24, 2.45) is 0 Å². The molecule has 0 radical (unpaired) electrons. The standard InChI is InChI=1S/C12H15N3/c1-3-4-9(2)15-12-6-5-11(14)7-10(12)8-13/h3,5-7,9,15H,1,4,14H2,2H3. The molecule has 0 aliphatic carbocycles. The van der Waals surface area contributed by atoms with Gasteiger partial charge in [-0.25, -0.2) is 0 Å². The number of nitriles is 1. The minimum Gasteiger partial charge on any atom is -0.399 e. The first-order valence-corrected chi connectivity index (χ1v) is 4.84. The average Bonchev–Trinajstić information content (AvgIpc) is 2.21. The Labute approximate surface area is 90.2 Å². The monoisotopic (exact) mass is 201 g/mol. The van der Waals surface area contributed by atoms with E-state index in [1.54, 1.807) is 12.1 Å². The normalized spacial score (nSPS) is 11.5. The van der Waals surface area contributed by atoms with Crippen molar-refractivity contribution in [1.29, 1.82) is 5.26 Å². The molecule has 1 unspecified atom stereocenters. The summed E-state index contributed by atoms with van der Waals surface area (Å²) in [6.07, 6.45) is 2.70. The van der Waals surface area contributed by atoms with Gasteiger partial charge >= 0.3 is 0 Å². The first-order valence-electron chi connectivity index (χ1n) is 4.84. The van der Waals surface area contributed by atoms with Gasteiger partial charge in [-0.1, -0.05) is 6.08 Å². The molecule has 1 atom stereocenters. The van der Waals surface area contributed by atoms with E-state index in [0.717, 1.165) is 12.1 Å². The number of nitrogen functional groups attached to an aromatic ring is 1. The van der Waals surface area contributed by atoms with Crippen molar-refractivity contribution in [3.63, 3.8) is 0 Å². The predicted molar refractivity (Wildman–Crippen MR) is 63.5 cm³/mol. The maximum atomic E-state index is 8.92. The summed E-state index contributed by atoms with van der Waals surface area (Å²) in [5.41, 5.74) is 7.60. The first-order chi connectivity index (χ1) is 7.17. The highest BCUT2D eigenvalue weighted by Crippen LogP contribution is 2.19. The fraction of sp³-hybridized carbons (Fsp3) is 0.250. The molecule has 1 aromatic rings. The smallest absolute Gasteiger partial charge is 0.101 e. The molecule has 78 valence electrons. The zero-order valence-electron chi connectivity index (χ0n) is 8.83. The zero-order chi connectivity index (χ0) is 11.3. The van der Waals surface area contributed by atoms with E-state index in [4.69, 9.17) is 11.0 Å². The van der Waals surface area contributed by atoms with Crippen LogP contribution in [-0.4, -0.2) is 6.04 Å². The summed E-state index contributed by atoms with van der Waals surface area (Å²) in [7, 11) is 0. The Morgan fingerprint density at radius 1 is 1.67 bits per heavy atom. The fourth-order valence-electron chi connectivity index (χ4n) is 1.35. The third-order valence-electron chi connectivity index (χ3n) is 2.09. The summed E-state index contributed by atoms with van der Waals surface area (Å²) in [4.78, 5) is 0. The highest BCUT2D eigenvalue weighted by Gasteiger charge is 2.05. The number of nitrogens with two attached hydrogens (primary N) is 1. The molecule has 0 saturated carbocycles. The van der Waals surface area contributed by atoms with Crippen molar-refractivity contribution < 1.29 is 0 Å². The zero-order valence-corrected chi connectivity index (χ0v) is 8.83. The van der Waals surface area contributed by atoms with Crippen molar-refractivity contribution in [3.05, 3.63) is 36.4 Å².